The first-order valence-corrected chi connectivity index (χ1v) is 11.7. The first-order chi connectivity index (χ1) is 14.1. The Morgan fingerprint density at radius 2 is 1.59 bits per heavy atom. The van der Waals surface area contributed by atoms with Gasteiger partial charge >= 0.3 is 0 Å². The van der Waals surface area contributed by atoms with Gasteiger partial charge in [-0.2, -0.15) is 0 Å². The highest BCUT2D eigenvalue weighted by Gasteiger charge is 2.42. The number of anilines is 1. The summed E-state index contributed by atoms with van der Waals surface area (Å²) < 4.78 is 8.05. The van der Waals surface area contributed by atoms with Gasteiger partial charge in [-0.05, 0) is 24.0 Å². The zero-order valence-corrected chi connectivity index (χ0v) is 18.0. The van der Waals surface area contributed by atoms with E-state index in [2.05, 4.69) is 95.7 Å². The Kier molecular flexibility index (Phi) is 4.85. The lowest BCUT2D eigenvalue weighted by atomic mass is 9.82. The van der Waals surface area contributed by atoms with Crippen LogP contribution in [-0.2, 0) is 4.74 Å². The zero-order chi connectivity index (χ0) is 19.8. The molecule has 5 heteroatoms. The Morgan fingerprint density at radius 3 is 2.28 bits per heavy atom. The third-order valence-electron chi connectivity index (χ3n) is 5.72. The standard InChI is InChI=1S/C24H28N3OP/c1-24(2)17-21-23(22(18-24)26-13-15-28-16-14-26)29(20-11-7-4-8-12-20)27(25-21)19-9-5-3-6-10-19/h3-12,17,25H,13-16,18H2,1-2H3. The predicted molar refractivity (Wildman–Crippen MR) is 121 cm³/mol. The Bertz CT molecular complexity index is 933. The minimum Gasteiger partial charge on any atom is -0.378 e. The lowest BCUT2D eigenvalue weighted by Gasteiger charge is -2.38. The summed E-state index contributed by atoms with van der Waals surface area (Å²) in [4.78, 5) is 2.57. The number of hydrazine groups is 1. The zero-order valence-electron chi connectivity index (χ0n) is 17.1. The number of allylic oxidation sites excluding steroid dienone is 3. The molecule has 2 saturated heterocycles. The molecule has 0 bridgehead atoms. The summed E-state index contributed by atoms with van der Waals surface area (Å²) in [7, 11) is -0.692. The van der Waals surface area contributed by atoms with Crippen LogP contribution in [0.4, 0.5) is 5.69 Å². The van der Waals surface area contributed by atoms with Crippen molar-refractivity contribution in [3.8, 4) is 0 Å². The number of rotatable bonds is 3. The van der Waals surface area contributed by atoms with Gasteiger partial charge in [0.25, 0.3) is 0 Å². The smallest absolute Gasteiger partial charge is 0.0821 e. The fourth-order valence-electron chi connectivity index (χ4n) is 4.42. The quantitative estimate of drug-likeness (QED) is 0.756. The van der Waals surface area contributed by atoms with Gasteiger partial charge in [-0.1, -0.05) is 68.5 Å². The van der Waals surface area contributed by atoms with Crippen LogP contribution < -0.4 is 15.5 Å². The molecule has 0 spiro atoms. The van der Waals surface area contributed by atoms with E-state index in [1.807, 2.05) is 0 Å². The van der Waals surface area contributed by atoms with E-state index in [1.165, 1.54) is 27.7 Å². The molecule has 3 aliphatic rings. The molecule has 2 aromatic carbocycles. The van der Waals surface area contributed by atoms with E-state index >= 15 is 0 Å². The molecule has 0 aromatic heterocycles. The number of morpholine rings is 1. The second-order valence-electron chi connectivity index (χ2n) is 8.52. The van der Waals surface area contributed by atoms with Gasteiger partial charge in [0.2, 0.25) is 0 Å². The lowest BCUT2D eigenvalue weighted by molar-refractivity contribution is 0.0498. The molecule has 0 radical (unpaired) electrons. The van der Waals surface area contributed by atoms with Crippen molar-refractivity contribution in [1.29, 1.82) is 0 Å². The monoisotopic (exact) mass is 405 g/mol. The summed E-state index contributed by atoms with van der Waals surface area (Å²) in [6, 6.07) is 21.7. The summed E-state index contributed by atoms with van der Waals surface area (Å²) in [6.45, 7) is 8.27. The second kappa shape index (κ2) is 7.51. The lowest BCUT2D eigenvalue weighted by Crippen LogP contribution is -2.38. The maximum absolute atomic E-state index is 5.66. The van der Waals surface area contributed by atoms with Crippen molar-refractivity contribution in [3.05, 3.63) is 83.4 Å². The second-order valence-corrected chi connectivity index (χ2v) is 10.5. The average molecular weight is 405 g/mol. The number of nitrogens with zero attached hydrogens (tertiary/aromatic N) is 2. The summed E-state index contributed by atoms with van der Waals surface area (Å²) in [5.41, 5.74) is 7.91. The molecule has 2 aromatic rings. The van der Waals surface area contributed by atoms with Crippen molar-refractivity contribution < 1.29 is 4.74 Å². The van der Waals surface area contributed by atoms with Crippen molar-refractivity contribution in [3.63, 3.8) is 0 Å². The molecule has 2 aliphatic heterocycles. The number of nitrogens with one attached hydrogen (secondary N) is 1. The molecule has 0 amide bonds. The molecule has 150 valence electrons. The minimum atomic E-state index is -0.692. The third kappa shape index (κ3) is 3.56. The van der Waals surface area contributed by atoms with Crippen LogP contribution in [0, 0.1) is 5.41 Å². The molecular formula is C24H28N3OP. The van der Waals surface area contributed by atoms with E-state index in [-0.39, 0.29) is 5.41 Å². The van der Waals surface area contributed by atoms with Crippen molar-refractivity contribution in [2.24, 2.45) is 5.41 Å². The predicted octanol–water partition coefficient (Wildman–Crippen LogP) is 4.59. The van der Waals surface area contributed by atoms with E-state index < -0.39 is 8.07 Å². The van der Waals surface area contributed by atoms with Gasteiger partial charge in [0.15, 0.2) is 0 Å². The molecular weight excluding hydrogens is 377 g/mol. The highest BCUT2D eigenvalue weighted by Crippen LogP contribution is 2.60. The minimum absolute atomic E-state index is 0.129. The summed E-state index contributed by atoms with van der Waals surface area (Å²) in [5.74, 6) is 0. The summed E-state index contributed by atoms with van der Waals surface area (Å²) in [5, 5.41) is 2.86. The molecule has 2 fully saturated rings. The number of hydrogen-bond donors (Lipinski definition) is 1. The van der Waals surface area contributed by atoms with Crippen molar-refractivity contribution >= 4 is 19.1 Å². The van der Waals surface area contributed by atoms with Crippen LogP contribution in [0.1, 0.15) is 20.3 Å². The third-order valence-corrected chi connectivity index (χ3v) is 8.16. The number of hydrogen-bond acceptors (Lipinski definition) is 4. The number of para-hydroxylation sites is 1. The number of ether oxygens (including phenoxy) is 1. The van der Waals surface area contributed by atoms with Crippen LogP contribution in [0.3, 0.4) is 0 Å². The van der Waals surface area contributed by atoms with Crippen molar-refractivity contribution in [2.45, 2.75) is 20.3 Å². The number of fused-ring (bicyclic) bond motifs is 1. The molecule has 1 unspecified atom stereocenters. The molecule has 1 aliphatic carbocycles. The van der Waals surface area contributed by atoms with Crippen LogP contribution in [0.2, 0.25) is 0 Å². The van der Waals surface area contributed by atoms with E-state index in [4.69, 9.17) is 4.74 Å². The maximum Gasteiger partial charge on any atom is 0.0821 e. The van der Waals surface area contributed by atoms with E-state index in [9.17, 15) is 0 Å². The molecule has 1 N–H and O–H groups in total. The average Bonchev–Trinajstić information content (AvgIpc) is 3.13. The van der Waals surface area contributed by atoms with E-state index in [1.54, 1.807) is 0 Å². The Hall–Kier alpha value is -2.29. The van der Waals surface area contributed by atoms with Gasteiger partial charge < -0.3 is 9.64 Å². The van der Waals surface area contributed by atoms with E-state index in [0.717, 1.165) is 32.7 Å². The summed E-state index contributed by atoms with van der Waals surface area (Å²) >= 11 is 0. The summed E-state index contributed by atoms with van der Waals surface area (Å²) in [6.07, 6.45) is 3.51. The fraction of sp³-hybridized carbons (Fsp3) is 0.333. The maximum atomic E-state index is 5.66. The highest BCUT2D eigenvalue weighted by atomic mass is 31.1. The largest absolute Gasteiger partial charge is 0.378 e. The highest BCUT2D eigenvalue weighted by molar-refractivity contribution is 7.71. The SMILES string of the molecule is CC1(C)C=C2NN(c3ccccc3)P(c3ccccc3)C2=C(N2CCOCC2)C1. The van der Waals surface area contributed by atoms with Crippen molar-refractivity contribution in [1.82, 2.24) is 10.3 Å². The first kappa shape index (κ1) is 18.7. The Labute approximate surface area is 174 Å². The van der Waals surface area contributed by atoms with Gasteiger partial charge in [-0.15, -0.1) is 0 Å². The first-order valence-electron chi connectivity index (χ1n) is 10.4. The van der Waals surface area contributed by atoms with Crippen LogP contribution in [0.15, 0.2) is 83.4 Å². The Morgan fingerprint density at radius 1 is 0.931 bits per heavy atom. The van der Waals surface area contributed by atoms with Crippen LogP contribution in [0.25, 0.3) is 0 Å². The van der Waals surface area contributed by atoms with Gasteiger partial charge in [-0.25, -0.2) is 0 Å². The van der Waals surface area contributed by atoms with Crippen LogP contribution >= 0.6 is 8.07 Å². The van der Waals surface area contributed by atoms with Gasteiger partial charge in [0.1, 0.15) is 0 Å². The van der Waals surface area contributed by atoms with Gasteiger partial charge in [0, 0.05) is 29.4 Å². The van der Waals surface area contributed by atoms with Gasteiger partial charge in [0.05, 0.1) is 32.7 Å². The molecule has 0 saturated carbocycles. The fourth-order valence-corrected chi connectivity index (χ4v) is 6.95. The molecule has 4 nitrogen and oxygen atoms in total. The van der Waals surface area contributed by atoms with Crippen LogP contribution in [-0.4, -0.2) is 31.2 Å². The van der Waals surface area contributed by atoms with Crippen molar-refractivity contribution in [2.75, 3.05) is 31.1 Å². The molecule has 29 heavy (non-hydrogen) atoms. The van der Waals surface area contributed by atoms with Crippen LogP contribution in [0.5, 0.6) is 0 Å². The van der Waals surface area contributed by atoms with E-state index in [0.29, 0.717) is 0 Å². The molecule has 1 atom stereocenters. The topological polar surface area (TPSA) is 27.7 Å². The molecule has 2 heterocycles. The number of benzene rings is 2. The Balaban J connectivity index is 1.68. The molecule has 5 rings (SSSR count). The normalized spacial score (nSPS) is 23.5. The van der Waals surface area contributed by atoms with Gasteiger partial charge in [-0.3, -0.25) is 10.2 Å².